The molecule has 0 atom stereocenters. The molecule has 0 aliphatic carbocycles. The van der Waals surface area contributed by atoms with E-state index in [2.05, 4.69) is 5.73 Å². The van der Waals surface area contributed by atoms with Crippen LogP contribution in [0.1, 0.15) is 11.1 Å². The third-order valence-corrected chi connectivity index (χ3v) is 2.61. The summed E-state index contributed by atoms with van der Waals surface area (Å²) in [5, 5.41) is 11.9. The van der Waals surface area contributed by atoms with Crippen molar-refractivity contribution in [1.82, 2.24) is 0 Å². The molecule has 1 aliphatic heterocycles. The number of fused-ring (bicyclic) bond motifs is 1. The van der Waals surface area contributed by atoms with Crippen LogP contribution < -0.4 is 28.7 Å². The molecule has 18 heavy (non-hydrogen) atoms. The Hall–Kier alpha value is -1.84. The van der Waals surface area contributed by atoms with Gasteiger partial charge in [-0.15, -0.1) is 0 Å². The summed E-state index contributed by atoms with van der Waals surface area (Å²) in [7, 11) is 0. The minimum absolute atomic E-state index is 0. The molecule has 2 nitrogen and oxygen atoms in total. The van der Waals surface area contributed by atoms with Crippen molar-refractivity contribution >= 4 is 11.5 Å². The number of para-hydroxylation sites is 1. The molecular weight excluding hydrogens is 219 g/mol. The molecule has 0 unspecified atom stereocenters. The van der Waals surface area contributed by atoms with Crippen LogP contribution in [-0.2, 0) is 0 Å². The number of benzene rings is 2. The Bertz CT molecular complexity index is 626. The van der Waals surface area contributed by atoms with Gasteiger partial charge >= 0.3 is 18.9 Å². The Morgan fingerprint density at radius 1 is 0.889 bits per heavy atom. The van der Waals surface area contributed by atoms with Crippen LogP contribution in [0.4, 0.5) is 0 Å². The summed E-state index contributed by atoms with van der Waals surface area (Å²) in [4.78, 5) is 0. The number of rotatable bonds is 1. The van der Waals surface area contributed by atoms with Gasteiger partial charge in [0.1, 0.15) is 5.75 Å². The van der Waals surface area contributed by atoms with E-state index >= 15 is 0 Å². The van der Waals surface area contributed by atoms with E-state index in [1.54, 1.807) is 12.1 Å². The fourth-order valence-electron chi connectivity index (χ4n) is 1.77. The molecule has 0 spiro atoms. The fraction of sp³-hybridized carbons (Fsp3) is 0. The van der Waals surface area contributed by atoms with Crippen molar-refractivity contribution in [2.24, 2.45) is 0 Å². The normalized spacial score (nSPS) is 12.4. The van der Waals surface area contributed by atoms with Crippen LogP contribution in [0.15, 0.2) is 60.3 Å². The summed E-state index contributed by atoms with van der Waals surface area (Å²) in [6, 6.07) is 16.7. The first-order valence-electron chi connectivity index (χ1n) is 5.35. The van der Waals surface area contributed by atoms with Crippen LogP contribution >= 0.6 is 0 Å². The standard InChI is InChI=1S/C15H10O2.Li/c16-13-10-15(11-6-2-1-3-7-11)17-14-9-5-4-8-12(13)14;/h1-9,16H;/q;+1/p-1. The van der Waals surface area contributed by atoms with Gasteiger partial charge in [-0.05, 0) is 11.8 Å². The van der Waals surface area contributed by atoms with Crippen molar-refractivity contribution in [1.29, 1.82) is 0 Å². The molecule has 2 aromatic carbocycles. The summed E-state index contributed by atoms with van der Waals surface area (Å²) < 4.78 is 5.67. The molecule has 0 aromatic heterocycles. The second-order valence-electron chi connectivity index (χ2n) is 3.75. The zero-order chi connectivity index (χ0) is 11.7. The predicted molar refractivity (Wildman–Crippen MR) is 63.8 cm³/mol. The maximum absolute atomic E-state index is 11.9. The molecular formula is C15H9LiO2. The number of ether oxygens (including phenoxy) is 1. The zero-order valence-electron chi connectivity index (χ0n) is 10.0. The molecule has 1 heterocycles. The van der Waals surface area contributed by atoms with Crippen molar-refractivity contribution in [3.05, 3.63) is 71.5 Å². The van der Waals surface area contributed by atoms with Crippen LogP contribution in [0.3, 0.4) is 0 Å². The van der Waals surface area contributed by atoms with E-state index in [-0.39, 0.29) is 24.6 Å². The van der Waals surface area contributed by atoms with Gasteiger partial charge in [0.25, 0.3) is 0 Å². The minimum atomic E-state index is -0.134. The first kappa shape index (κ1) is 12.6. The van der Waals surface area contributed by atoms with E-state index in [4.69, 9.17) is 4.74 Å². The average molecular weight is 228 g/mol. The van der Waals surface area contributed by atoms with E-state index in [1.165, 1.54) is 0 Å². The monoisotopic (exact) mass is 228 g/mol. The van der Waals surface area contributed by atoms with E-state index in [0.717, 1.165) is 5.56 Å². The van der Waals surface area contributed by atoms with Gasteiger partial charge in [-0.1, -0.05) is 54.3 Å². The fourth-order valence-corrected chi connectivity index (χ4v) is 1.77. The predicted octanol–water partition coefficient (Wildman–Crippen LogP) is -0.576. The Labute approximate surface area is 117 Å². The van der Waals surface area contributed by atoms with Crippen molar-refractivity contribution in [2.75, 3.05) is 0 Å². The average Bonchev–Trinajstić information content (AvgIpc) is 2.40. The second kappa shape index (κ2) is 5.21. The van der Waals surface area contributed by atoms with Crippen molar-refractivity contribution in [3.8, 4) is 5.75 Å². The Morgan fingerprint density at radius 2 is 1.56 bits per heavy atom. The van der Waals surface area contributed by atoms with Gasteiger partial charge in [-0.25, -0.2) is 0 Å². The van der Waals surface area contributed by atoms with Gasteiger partial charge in [0, 0.05) is 11.1 Å². The molecule has 0 radical (unpaired) electrons. The summed E-state index contributed by atoms with van der Waals surface area (Å²) in [5.41, 5.74) is 4.16. The third kappa shape index (κ3) is 2.23. The van der Waals surface area contributed by atoms with Gasteiger partial charge in [0.15, 0.2) is 5.76 Å². The van der Waals surface area contributed by atoms with Gasteiger partial charge in [0.05, 0.1) is 0 Å². The summed E-state index contributed by atoms with van der Waals surface area (Å²) in [6.45, 7) is 0. The first-order valence-corrected chi connectivity index (χ1v) is 5.35. The van der Waals surface area contributed by atoms with E-state index in [9.17, 15) is 5.11 Å². The summed E-state index contributed by atoms with van der Waals surface area (Å²) in [6.07, 6.45) is 0. The maximum atomic E-state index is 11.9. The Kier molecular flexibility index (Phi) is 3.65. The smallest absolute Gasteiger partial charge is 0.866 e. The van der Waals surface area contributed by atoms with E-state index in [0.29, 0.717) is 17.1 Å². The Morgan fingerprint density at radius 3 is 2.33 bits per heavy atom. The molecule has 0 fully saturated rings. The molecule has 0 amide bonds. The molecule has 82 valence electrons. The second-order valence-corrected chi connectivity index (χ2v) is 3.75. The Balaban J connectivity index is 0.00000120. The topological polar surface area (TPSA) is 32.3 Å². The van der Waals surface area contributed by atoms with E-state index in [1.807, 2.05) is 42.5 Å². The maximum Gasteiger partial charge on any atom is 1.00 e. The molecule has 0 saturated heterocycles. The van der Waals surface area contributed by atoms with Crippen LogP contribution in [0.5, 0.6) is 5.75 Å². The van der Waals surface area contributed by atoms with Gasteiger partial charge in [-0.2, -0.15) is 0 Å². The quantitative estimate of drug-likeness (QED) is 0.483. The van der Waals surface area contributed by atoms with Crippen molar-refractivity contribution in [3.63, 3.8) is 0 Å². The van der Waals surface area contributed by atoms with Crippen molar-refractivity contribution in [2.45, 2.75) is 0 Å². The van der Waals surface area contributed by atoms with Gasteiger partial charge < -0.3 is 9.84 Å². The van der Waals surface area contributed by atoms with E-state index < -0.39 is 0 Å². The van der Waals surface area contributed by atoms with Crippen LogP contribution in [0, 0.1) is 0 Å². The largest absolute Gasteiger partial charge is 1.00 e. The number of hydrogen-bond acceptors (Lipinski definition) is 2. The van der Waals surface area contributed by atoms with Crippen LogP contribution in [0.25, 0.3) is 11.5 Å². The molecule has 0 saturated carbocycles. The van der Waals surface area contributed by atoms with Crippen LogP contribution in [-0.4, -0.2) is 0 Å². The molecule has 0 bridgehead atoms. The molecule has 3 rings (SSSR count). The molecule has 1 aliphatic rings. The number of hydrogen-bond donors (Lipinski definition) is 0. The molecule has 2 aromatic rings. The molecule has 0 N–H and O–H groups in total. The van der Waals surface area contributed by atoms with Gasteiger partial charge in [0.2, 0.25) is 0 Å². The van der Waals surface area contributed by atoms with Crippen LogP contribution in [0.2, 0.25) is 0 Å². The zero-order valence-corrected chi connectivity index (χ0v) is 10.0. The molecule has 3 heteroatoms. The summed E-state index contributed by atoms with van der Waals surface area (Å²) in [5.74, 6) is 0.940. The van der Waals surface area contributed by atoms with Gasteiger partial charge in [-0.3, -0.25) is 0 Å². The van der Waals surface area contributed by atoms with Crippen molar-refractivity contribution < 1.29 is 28.7 Å². The minimum Gasteiger partial charge on any atom is -0.866 e. The SMILES string of the molecule is [Li+].[O-]C1=C=C(c2ccccc2)Oc2ccccc21. The first-order chi connectivity index (χ1) is 8.34. The third-order valence-electron chi connectivity index (χ3n) is 2.61. The summed E-state index contributed by atoms with van der Waals surface area (Å²) >= 11 is 0.